The third-order valence-electron chi connectivity index (χ3n) is 3.11. The standard InChI is InChI=1S/C13H16F2N2O/c14-11-2-1-10(9-12(11)15)13(18)3-6-17-7-4-16-5-8-17/h1-2,9,16H,3-8H2. The van der Waals surface area contributed by atoms with Crippen LogP contribution in [-0.4, -0.2) is 43.4 Å². The van der Waals surface area contributed by atoms with Crippen LogP contribution in [0.4, 0.5) is 8.78 Å². The van der Waals surface area contributed by atoms with Gasteiger partial charge in [-0.2, -0.15) is 0 Å². The minimum absolute atomic E-state index is 0.146. The van der Waals surface area contributed by atoms with Gasteiger partial charge in [0.2, 0.25) is 0 Å². The lowest BCUT2D eigenvalue weighted by Gasteiger charge is -2.26. The first-order valence-corrected chi connectivity index (χ1v) is 6.08. The van der Waals surface area contributed by atoms with Gasteiger partial charge in [-0.3, -0.25) is 4.79 Å². The Morgan fingerprint density at radius 1 is 1.22 bits per heavy atom. The highest BCUT2D eigenvalue weighted by Gasteiger charge is 2.13. The van der Waals surface area contributed by atoms with Crippen LogP contribution in [0, 0.1) is 11.6 Å². The molecule has 2 rings (SSSR count). The number of nitrogens with one attached hydrogen (secondary N) is 1. The van der Waals surface area contributed by atoms with Gasteiger partial charge in [-0.05, 0) is 18.2 Å². The summed E-state index contributed by atoms with van der Waals surface area (Å²) < 4.78 is 25.7. The van der Waals surface area contributed by atoms with Gasteiger partial charge in [-0.25, -0.2) is 8.78 Å². The van der Waals surface area contributed by atoms with Crippen LogP contribution in [0.2, 0.25) is 0 Å². The van der Waals surface area contributed by atoms with Gasteiger partial charge in [0.25, 0.3) is 0 Å². The van der Waals surface area contributed by atoms with E-state index in [0.717, 1.165) is 38.3 Å². The van der Waals surface area contributed by atoms with Gasteiger partial charge < -0.3 is 10.2 Å². The van der Waals surface area contributed by atoms with Crippen molar-refractivity contribution in [2.45, 2.75) is 6.42 Å². The van der Waals surface area contributed by atoms with E-state index in [1.54, 1.807) is 0 Å². The van der Waals surface area contributed by atoms with Gasteiger partial charge in [0.15, 0.2) is 17.4 Å². The van der Waals surface area contributed by atoms with Crippen molar-refractivity contribution < 1.29 is 13.6 Å². The Morgan fingerprint density at radius 2 is 1.94 bits per heavy atom. The number of hydrogen-bond acceptors (Lipinski definition) is 3. The second-order valence-corrected chi connectivity index (χ2v) is 4.39. The first-order valence-electron chi connectivity index (χ1n) is 6.08. The van der Waals surface area contributed by atoms with Gasteiger partial charge in [0.1, 0.15) is 0 Å². The summed E-state index contributed by atoms with van der Waals surface area (Å²) in [6.07, 6.45) is 0.338. The molecule has 1 saturated heterocycles. The van der Waals surface area contributed by atoms with Crippen LogP contribution in [0.3, 0.4) is 0 Å². The molecule has 1 aliphatic rings. The molecule has 1 aromatic carbocycles. The minimum atomic E-state index is -0.969. The normalized spacial score (nSPS) is 16.8. The zero-order valence-electron chi connectivity index (χ0n) is 10.1. The predicted molar refractivity (Wildman–Crippen MR) is 64.6 cm³/mol. The average molecular weight is 254 g/mol. The molecule has 1 N–H and O–H groups in total. The maximum absolute atomic E-state index is 13.0. The number of hydrogen-bond donors (Lipinski definition) is 1. The van der Waals surface area contributed by atoms with Gasteiger partial charge in [-0.1, -0.05) is 0 Å². The topological polar surface area (TPSA) is 32.3 Å². The number of carbonyl (C=O) groups is 1. The van der Waals surface area contributed by atoms with E-state index in [1.165, 1.54) is 6.07 Å². The van der Waals surface area contributed by atoms with Crippen molar-refractivity contribution in [2.75, 3.05) is 32.7 Å². The zero-order valence-corrected chi connectivity index (χ0v) is 10.1. The molecular weight excluding hydrogens is 238 g/mol. The van der Waals surface area contributed by atoms with E-state index >= 15 is 0 Å². The number of benzene rings is 1. The Hall–Kier alpha value is -1.33. The molecule has 0 spiro atoms. The molecule has 0 amide bonds. The fourth-order valence-electron chi connectivity index (χ4n) is 2.01. The quantitative estimate of drug-likeness (QED) is 0.825. The van der Waals surface area contributed by atoms with Crippen molar-refractivity contribution in [3.8, 4) is 0 Å². The molecule has 5 heteroatoms. The lowest BCUT2D eigenvalue weighted by atomic mass is 10.1. The van der Waals surface area contributed by atoms with Crippen LogP contribution in [-0.2, 0) is 0 Å². The Bertz CT molecular complexity index is 431. The zero-order chi connectivity index (χ0) is 13.0. The molecule has 1 aliphatic heterocycles. The van der Waals surface area contributed by atoms with Gasteiger partial charge in [0, 0.05) is 44.7 Å². The molecule has 0 saturated carbocycles. The monoisotopic (exact) mass is 254 g/mol. The highest BCUT2D eigenvalue weighted by molar-refractivity contribution is 5.96. The number of piperazine rings is 1. The smallest absolute Gasteiger partial charge is 0.164 e. The van der Waals surface area contributed by atoms with Crippen LogP contribution in [0.15, 0.2) is 18.2 Å². The summed E-state index contributed by atoms with van der Waals surface area (Å²) in [4.78, 5) is 14.0. The second-order valence-electron chi connectivity index (χ2n) is 4.39. The fourth-order valence-corrected chi connectivity index (χ4v) is 2.01. The first kappa shape index (κ1) is 13.1. The summed E-state index contributed by atoms with van der Waals surface area (Å²) in [5.74, 6) is -2.04. The lowest BCUT2D eigenvalue weighted by Crippen LogP contribution is -2.44. The van der Waals surface area contributed by atoms with E-state index in [-0.39, 0.29) is 11.3 Å². The van der Waals surface area contributed by atoms with Crippen LogP contribution >= 0.6 is 0 Å². The molecule has 1 fully saturated rings. The summed E-state index contributed by atoms with van der Waals surface area (Å²) in [6, 6.07) is 3.29. The van der Waals surface area contributed by atoms with Crippen molar-refractivity contribution in [2.24, 2.45) is 0 Å². The van der Waals surface area contributed by atoms with Gasteiger partial charge >= 0.3 is 0 Å². The summed E-state index contributed by atoms with van der Waals surface area (Å²) >= 11 is 0. The summed E-state index contributed by atoms with van der Waals surface area (Å²) in [5.41, 5.74) is 0.240. The third kappa shape index (κ3) is 3.34. The highest BCUT2D eigenvalue weighted by atomic mass is 19.2. The molecule has 0 radical (unpaired) electrons. The summed E-state index contributed by atoms with van der Waals surface area (Å²) in [7, 11) is 0. The summed E-state index contributed by atoms with van der Waals surface area (Å²) in [5, 5.41) is 3.23. The largest absolute Gasteiger partial charge is 0.314 e. The Labute approximate surface area is 105 Å². The minimum Gasteiger partial charge on any atom is -0.314 e. The van der Waals surface area contributed by atoms with Crippen molar-refractivity contribution in [3.05, 3.63) is 35.4 Å². The Kier molecular flexibility index (Phi) is 4.38. The fraction of sp³-hybridized carbons (Fsp3) is 0.462. The van der Waals surface area contributed by atoms with E-state index in [2.05, 4.69) is 10.2 Å². The van der Waals surface area contributed by atoms with Crippen molar-refractivity contribution in [1.82, 2.24) is 10.2 Å². The Balaban J connectivity index is 1.88. The molecule has 0 bridgehead atoms. The average Bonchev–Trinajstić information content (AvgIpc) is 2.40. The van der Waals surface area contributed by atoms with E-state index in [0.29, 0.717) is 13.0 Å². The summed E-state index contributed by atoms with van der Waals surface area (Å²) in [6.45, 7) is 4.37. The molecular formula is C13H16F2N2O. The molecule has 98 valence electrons. The number of Topliss-reactive ketones (excluding diaryl/α,β-unsaturated/α-hetero) is 1. The predicted octanol–water partition coefficient (Wildman–Crippen LogP) is 1.44. The van der Waals surface area contributed by atoms with Crippen molar-refractivity contribution in [3.63, 3.8) is 0 Å². The third-order valence-corrected chi connectivity index (χ3v) is 3.11. The first-order chi connectivity index (χ1) is 8.66. The lowest BCUT2D eigenvalue weighted by molar-refractivity contribution is 0.0960. The number of rotatable bonds is 4. The van der Waals surface area contributed by atoms with Crippen LogP contribution in [0.5, 0.6) is 0 Å². The maximum Gasteiger partial charge on any atom is 0.164 e. The van der Waals surface area contributed by atoms with E-state index in [9.17, 15) is 13.6 Å². The van der Waals surface area contributed by atoms with E-state index < -0.39 is 11.6 Å². The molecule has 0 aliphatic carbocycles. The van der Waals surface area contributed by atoms with Crippen molar-refractivity contribution >= 4 is 5.78 Å². The highest BCUT2D eigenvalue weighted by Crippen LogP contribution is 2.11. The van der Waals surface area contributed by atoms with Crippen LogP contribution < -0.4 is 5.32 Å². The van der Waals surface area contributed by atoms with Crippen LogP contribution in [0.25, 0.3) is 0 Å². The SMILES string of the molecule is O=C(CCN1CCNCC1)c1ccc(F)c(F)c1. The molecule has 0 aromatic heterocycles. The number of ketones is 1. The van der Waals surface area contributed by atoms with Crippen molar-refractivity contribution in [1.29, 1.82) is 0 Å². The molecule has 0 unspecified atom stereocenters. The van der Waals surface area contributed by atoms with Gasteiger partial charge in [-0.15, -0.1) is 0 Å². The number of halogens is 2. The number of carbonyl (C=O) groups excluding carboxylic acids is 1. The van der Waals surface area contributed by atoms with E-state index in [1.807, 2.05) is 0 Å². The molecule has 3 nitrogen and oxygen atoms in total. The Morgan fingerprint density at radius 3 is 2.61 bits per heavy atom. The van der Waals surface area contributed by atoms with Crippen LogP contribution in [0.1, 0.15) is 16.8 Å². The second kappa shape index (κ2) is 6.02. The number of nitrogens with zero attached hydrogens (tertiary/aromatic N) is 1. The molecule has 18 heavy (non-hydrogen) atoms. The molecule has 0 atom stereocenters. The molecule has 1 aromatic rings. The van der Waals surface area contributed by atoms with E-state index in [4.69, 9.17) is 0 Å². The van der Waals surface area contributed by atoms with Gasteiger partial charge in [0.05, 0.1) is 0 Å². The molecule has 1 heterocycles. The maximum atomic E-state index is 13.0.